The van der Waals surface area contributed by atoms with Crippen molar-refractivity contribution in [1.29, 1.82) is 0 Å². The molecule has 134 valence electrons. The average molecular weight is 348 g/mol. The number of carbonyl (C=O) groups is 1. The van der Waals surface area contributed by atoms with Gasteiger partial charge in [-0.2, -0.15) is 0 Å². The Morgan fingerprint density at radius 3 is 2.65 bits per heavy atom. The molecule has 0 spiro atoms. The third-order valence-corrected chi connectivity index (χ3v) is 5.22. The van der Waals surface area contributed by atoms with Crippen LogP contribution in [0, 0.1) is 0 Å². The van der Waals surface area contributed by atoms with Crippen LogP contribution in [-0.4, -0.2) is 44.0 Å². The van der Waals surface area contributed by atoms with Gasteiger partial charge in [0, 0.05) is 48.0 Å². The van der Waals surface area contributed by atoms with Crippen molar-refractivity contribution in [1.82, 2.24) is 4.90 Å². The van der Waals surface area contributed by atoms with E-state index in [2.05, 4.69) is 58.8 Å². The zero-order chi connectivity index (χ0) is 18.1. The highest BCUT2D eigenvalue weighted by Gasteiger charge is 2.24. The lowest BCUT2D eigenvalue weighted by atomic mass is 10.1. The summed E-state index contributed by atoms with van der Waals surface area (Å²) < 4.78 is 0. The number of benzene rings is 2. The molecule has 2 aliphatic heterocycles. The molecule has 2 aromatic carbocycles. The second kappa shape index (κ2) is 6.84. The molecule has 0 bridgehead atoms. The van der Waals surface area contributed by atoms with Crippen molar-refractivity contribution in [3.8, 4) is 0 Å². The lowest BCUT2D eigenvalue weighted by molar-refractivity contribution is -0.110. The number of amides is 1. The van der Waals surface area contributed by atoms with E-state index in [1.54, 1.807) is 6.20 Å². The van der Waals surface area contributed by atoms with Crippen molar-refractivity contribution < 1.29 is 4.79 Å². The molecule has 2 N–H and O–H groups in total. The van der Waals surface area contributed by atoms with Crippen LogP contribution in [0.4, 0.5) is 17.1 Å². The second-order valence-electron chi connectivity index (χ2n) is 7.10. The van der Waals surface area contributed by atoms with Crippen molar-refractivity contribution in [2.75, 3.05) is 42.7 Å². The Hall–Kier alpha value is -2.79. The van der Waals surface area contributed by atoms with Crippen LogP contribution >= 0.6 is 0 Å². The zero-order valence-corrected chi connectivity index (χ0v) is 15.2. The summed E-state index contributed by atoms with van der Waals surface area (Å²) >= 11 is 0. The minimum atomic E-state index is -0.0675. The number of anilines is 3. The molecular formula is C21H24N4O. The topological polar surface area (TPSA) is 47.6 Å². The van der Waals surface area contributed by atoms with Crippen molar-refractivity contribution >= 4 is 28.5 Å². The smallest absolute Gasteiger partial charge is 0.257 e. The van der Waals surface area contributed by atoms with Gasteiger partial charge in [-0.05, 0) is 50.8 Å². The molecule has 4 rings (SSSR count). The van der Waals surface area contributed by atoms with E-state index in [0.29, 0.717) is 11.6 Å². The number of hydrogen-bond donors (Lipinski definition) is 2. The van der Waals surface area contributed by atoms with Gasteiger partial charge in [-0.3, -0.25) is 4.79 Å². The summed E-state index contributed by atoms with van der Waals surface area (Å²) in [5.41, 5.74) is 4.69. The first-order chi connectivity index (χ1) is 12.6. The Bertz CT molecular complexity index is 841. The van der Waals surface area contributed by atoms with E-state index in [-0.39, 0.29) is 5.91 Å². The van der Waals surface area contributed by atoms with Crippen LogP contribution in [0.2, 0.25) is 0 Å². The number of nitrogens with zero attached hydrogens (tertiary/aromatic N) is 2. The molecule has 5 heteroatoms. The number of hydrogen-bond acceptors (Lipinski definition) is 4. The second-order valence-corrected chi connectivity index (χ2v) is 7.10. The molecule has 1 amide bonds. The first-order valence-electron chi connectivity index (χ1n) is 9.01. The lowest BCUT2D eigenvalue weighted by Gasteiger charge is -2.22. The molecule has 26 heavy (non-hydrogen) atoms. The monoisotopic (exact) mass is 348 g/mol. The van der Waals surface area contributed by atoms with Crippen molar-refractivity contribution in [3.05, 3.63) is 60.3 Å². The van der Waals surface area contributed by atoms with Crippen LogP contribution in [0.5, 0.6) is 0 Å². The van der Waals surface area contributed by atoms with E-state index in [4.69, 9.17) is 0 Å². The van der Waals surface area contributed by atoms with Crippen LogP contribution in [0.25, 0.3) is 5.57 Å². The van der Waals surface area contributed by atoms with Gasteiger partial charge in [-0.1, -0.05) is 18.2 Å². The number of rotatable bonds is 4. The highest BCUT2D eigenvalue weighted by Crippen LogP contribution is 2.31. The number of fused-ring (bicyclic) bond motifs is 1. The van der Waals surface area contributed by atoms with E-state index in [1.807, 2.05) is 24.3 Å². The minimum Gasteiger partial charge on any atom is -0.370 e. The SMILES string of the molecule is CN(C)C1CCN(c2ccc(NC=C3C(=O)Nc4ccccc43)cc2)C1. The van der Waals surface area contributed by atoms with Crippen LogP contribution in [0.3, 0.4) is 0 Å². The van der Waals surface area contributed by atoms with Gasteiger partial charge in [0.05, 0.1) is 5.57 Å². The number of likely N-dealkylation sites (N-methyl/N-ethyl adjacent to an activating group) is 1. The van der Waals surface area contributed by atoms with Gasteiger partial charge in [-0.25, -0.2) is 0 Å². The van der Waals surface area contributed by atoms with Gasteiger partial charge in [-0.15, -0.1) is 0 Å². The highest BCUT2D eigenvalue weighted by atomic mass is 16.2. The predicted octanol–water partition coefficient (Wildman–Crippen LogP) is 3.23. The Balaban J connectivity index is 1.45. The summed E-state index contributed by atoms with van der Waals surface area (Å²) in [7, 11) is 4.29. The van der Waals surface area contributed by atoms with Crippen LogP contribution < -0.4 is 15.5 Å². The molecule has 0 radical (unpaired) electrons. The predicted molar refractivity (Wildman–Crippen MR) is 107 cm³/mol. The van der Waals surface area contributed by atoms with Crippen molar-refractivity contribution in [2.24, 2.45) is 0 Å². The van der Waals surface area contributed by atoms with Crippen LogP contribution in [0.1, 0.15) is 12.0 Å². The molecule has 1 unspecified atom stereocenters. The van der Waals surface area contributed by atoms with Crippen molar-refractivity contribution in [2.45, 2.75) is 12.5 Å². The molecule has 1 saturated heterocycles. The Labute approximate surface area is 154 Å². The van der Waals surface area contributed by atoms with Crippen molar-refractivity contribution in [3.63, 3.8) is 0 Å². The third kappa shape index (κ3) is 3.18. The van der Waals surface area contributed by atoms with Crippen LogP contribution in [0.15, 0.2) is 54.7 Å². The molecular weight excluding hydrogens is 324 g/mol. The fourth-order valence-electron chi connectivity index (χ4n) is 3.60. The Kier molecular flexibility index (Phi) is 4.39. The normalized spacial score (nSPS) is 20.6. The maximum atomic E-state index is 12.1. The molecule has 2 heterocycles. The van der Waals surface area contributed by atoms with Gasteiger partial charge in [0.15, 0.2) is 0 Å². The maximum Gasteiger partial charge on any atom is 0.257 e. The lowest BCUT2D eigenvalue weighted by Crippen LogP contribution is -2.31. The average Bonchev–Trinajstić information content (AvgIpc) is 3.25. The van der Waals surface area contributed by atoms with Gasteiger partial charge in [0.25, 0.3) is 5.91 Å². The Morgan fingerprint density at radius 2 is 1.92 bits per heavy atom. The largest absolute Gasteiger partial charge is 0.370 e. The molecule has 1 fully saturated rings. The summed E-state index contributed by atoms with van der Waals surface area (Å²) in [6.07, 6.45) is 2.99. The summed E-state index contributed by atoms with van der Waals surface area (Å²) in [4.78, 5) is 16.9. The standard InChI is InChI=1S/C21H24N4O/c1-24(2)17-11-12-25(14-17)16-9-7-15(8-10-16)22-13-19-18-5-3-4-6-20(18)23-21(19)26/h3-10,13,17,22H,11-12,14H2,1-2H3,(H,23,26). The minimum absolute atomic E-state index is 0.0675. The van der Waals surface area contributed by atoms with Crippen LogP contribution in [-0.2, 0) is 4.79 Å². The summed E-state index contributed by atoms with van der Waals surface area (Å²) in [6.45, 7) is 2.16. The van der Waals surface area contributed by atoms with Gasteiger partial charge in [0.1, 0.15) is 0 Å². The maximum absolute atomic E-state index is 12.1. The quantitative estimate of drug-likeness (QED) is 0.833. The first kappa shape index (κ1) is 16.7. The van der Waals surface area contributed by atoms with E-state index < -0.39 is 0 Å². The molecule has 1 atom stereocenters. The number of nitrogens with one attached hydrogen (secondary N) is 2. The molecule has 0 saturated carbocycles. The zero-order valence-electron chi connectivity index (χ0n) is 15.2. The van der Waals surface area contributed by atoms with Gasteiger partial charge in [0.2, 0.25) is 0 Å². The molecule has 2 aromatic rings. The molecule has 0 aliphatic carbocycles. The van der Waals surface area contributed by atoms with Gasteiger partial charge >= 0.3 is 0 Å². The highest BCUT2D eigenvalue weighted by molar-refractivity contribution is 6.31. The molecule has 5 nitrogen and oxygen atoms in total. The molecule has 0 aromatic heterocycles. The first-order valence-corrected chi connectivity index (χ1v) is 9.01. The summed E-state index contributed by atoms with van der Waals surface area (Å²) in [5, 5.41) is 6.14. The molecule has 2 aliphatic rings. The number of carbonyl (C=O) groups excluding carboxylic acids is 1. The third-order valence-electron chi connectivity index (χ3n) is 5.22. The van der Waals surface area contributed by atoms with E-state index in [9.17, 15) is 4.79 Å². The fraction of sp³-hybridized carbons (Fsp3) is 0.286. The van der Waals surface area contributed by atoms with E-state index in [1.165, 1.54) is 12.1 Å². The number of para-hydroxylation sites is 1. The summed E-state index contributed by atoms with van der Waals surface area (Å²) in [5.74, 6) is -0.0675. The van der Waals surface area contributed by atoms with E-state index >= 15 is 0 Å². The van der Waals surface area contributed by atoms with Gasteiger partial charge < -0.3 is 20.4 Å². The summed E-state index contributed by atoms with van der Waals surface area (Å²) in [6, 6.07) is 16.8. The fourth-order valence-corrected chi connectivity index (χ4v) is 3.60. The van der Waals surface area contributed by atoms with E-state index in [0.717, 1.165) is 30.0 Å². The Morgan fingerprint density at radius 1 is 1.15 bits per heavy atom.